The van der Waals surface area contributed by atoms with Crippen LogP contribution < -0.4 is 0 Å². The van der Waals surface area contributed by atoms with Crippen molar-refractivity contribution >= 4 is 90.9 Å². The number of thiophene rings is 2. The Labute approximate surface area is 155 Å². The lowest BCUT2D eigenvalue weighted by atomic mass is 10.3. The summed E-state index contributed by atoms with van der Waals surface area (Å²) in [6.07, 6.45) is 3.02. The van der Waals surface area contributed by atoms with E-state index >= 15 is 0 Å². The molecule has 0 aliphatic heterocycles. The fourth-order valence-electron chi connectivity index (χ4n) is 1.08. The Morgan fingerprint density at radius 3 is 1.74 bits per heavy atom. The first-order valence-electron chi connectivity index (χ1n) is 5.12. The Balaban J connectivity index is 0.000000331. The van der Waals surface area contributed by atoms with E-state index in [9.17, 15) is 4.79 Å². The van der Waals surface area contributed by atoms with Gasteiger partial charge in [-0.25, -0.2) is 0 Å². The van der Waals surface area contributed by atoms with Gasteiger partial charge in [-0.05, 0) is 76.0 Å². The highest BCUT2D eigenvalue weighted by atomic mass is 127. The predicted molar refractivity (Wildman–Crippen MR) is 104 cm³/mol. The molecular formula is C13H13Br2IOS2. The molecule has 0 radical (unpaired) electrons. The SMILES string of the molecule is CC(C)=Cc1ccc(Br)s1.I.O=Cc1ccc(Br)s1. The largest absolute Gasteiger partial charge is 0.297 e. The van der Waals surface area contributed by atoms with E-state index in [-0.39, 0.29) is 24.0 Å². The smallest absolute Gasteiger partial charge is 0.160 e. The third-order valence-electron chi connectivity index (χ3n) is 1.74. The third-order valence-corrected chi connectivity index (χ3v) is 4.85. The van der Waals surface area contributed by atoms with Crippen molar-refractivity contribution in [1.29, 1.82) is 0 Å². The molecule has 104 valence electrons. The van der Waals surface area contributed by atoms with Crippen LogP contribution in [0.5, 0.6) is 0 Å². The summed E-state index contributed by atoms with van der Waals surface area (Å²) >= 11 is 9.84. The maximum absolute atomic E-state index is 10.0. The molecule has 2 rings (SSSR count). The topological polar surface area (TPSA) is 17.1 Å². The van der Waals surface area contributed by atoms with Crippen molar-refractivity contribution in [2.45, 2.75) is 13.8 Å². The van der Waals surface area contributed by atoms with Crippen molar-refractivity contribution in [2.75, 3.05) is 0 Å². The van der Waals surface area contributed by atoms with Crippen molar-refractivity contribution in [1.82, 2.24) is 0 Å². The van der Waals surface area contributed by atoms with E-state index < -0.39 is 0 Å². The molecule has 6 heteroatoms. The zero-order valence-electron chi connectivity index (χ0n) is 10.4. The normalized spacial score (nSPS) is 8.84. The Hall–Kier alpha value is 0.500. The quantitative estimate of drug-likeness (QED) is 0.303. The van der Waals surface area contributed by atoms with Crippen molar-refractivity contribution in [2.24, 2.45) is 0 Å². The van der Waals surface area contributed by atoms with Crippen LogP contribution in [0.25, 0.3) is 6.08 Å². The van der Waals surface area contributed by atoms with Gasteiger partial charge in [0.05, 0.1) is 12.4 Å². The summed E-state index contributed by atoms with van der Waals surface area (Å²) in [5, 5.41) is 0. The van der Waals surface area contributed by atoms with Gasteiger partial charge in [0.2, 0.25) is 0 Å². The van der Waals surface area contributed by atoms with E-state index in [0.29, 0.717) is 0 Å². The van der Waals surface area contributed by atoms with Crippen LogP contribution in [0, 0.1) is 0 Å². The number of halogens is 3. The van der Waals surface area contributed by atoms with Gasteiger partial charge in [-0.15, -0.1) is 46.7 Å². The Kier molecular flexibility index (Phi) is 10.5. The summed E-state index contributed by atoms with van der Waals surface area (Å²) in [7, 11) is 0. The number of rotatable bonds is 2. The van der Waals surface area contributed by atoms with E-state index in [2.05, 4.69) is 63.9 Å². The van der Waals surface area contributed by atoms with Crippen LogP contribution in [0.1, 0.15) is 28.4 Å². The number of carbonyl (C=O) groups excluding carboxylic acids is 1. The first-order chi connectivity index (χ1) is 8.51. The minimum atomic E-state index is 0. The van der Waals surface area contributed by atoms with E-state index in [4.69, 9.17) is 0 Å². The average Bonchev–Trinajstić information content (AvgIpc) is 2.88. The average molecular weight is 536 g/mol. The summed E-state index contributed by atoms with van der Waals surface area (Å²) in [5.41, 5.74) is 1.34. The summed E-state index contributed by atoms with van der Waals surface area (Å²) in [6, 6.07) is 7.82. The van der Waals surface area contributed by atoms with Crippen molar-refractivity contribution in [3.63, 3.8) is 0 Å². The first-order valence-corrected chi connectivity index (χ1v) is 8.34. The molecule has 0 unspecified atom stereocenters. The van der Waals surface area contributed by atoms with Crippen LogP contribution in [-0.2, 0) is 0 Å². The van der Waals surface area contributed by atoms with Gasteiger partial charge in [-0.1, -0.05) is 5.57 Å². The van der Waals surface area contributed by atoms with Crippen LogP contribution in [-0.4, -0.2) is 6.29 Å². The van der Waals surface area contributed by atoms with Crippen LogP contribution in [0.4, 0.5) is 0 Å². The van der Waals surface area contributed by atoms with Crippen LogP contribution in [0.3, 0.4) is 0 Å². The Bertz CT molecular complexity index is 542. The summed E-state index contributed by atoms with van der Waals surface area (Å²) in [6.45, 7) is 4.21. The lowest BCUT2D eigenvalue weighted by Gasteiger charge is -1.84. The van der Waals surface area contributed by atoms with E-state index in [1.807, 2.05) is 6.07 Å². The molecule has 2 aromatic heterocycles. The van der Waals surface area contributed by atoms with Gasteiger partial charge in [0.25, 0.3) is 0 Å². The molecule has 0 bridgehead atoms. The summed E-state index contributed by atoms with van der Waals surface area (Å²) in [5.74, 6) is 0. The molecule has 0 atom stereocenters. The Morgan fingerprint density at radius 1 is 1.00 bits per heavy atom. The van der Waals surface area contributed by atoms with Crippen LogP contribution in [0.2, 0.25) is 0 Å². The first kappa shape index (κ1) is 19.5. The number of aldehydes is 1. The van der Waals surface area contributed by atoms with Crippen LogP contribution >= 0.6 is 78.5 Å². The van der Waals surface area contributed by atoms with E-state index in [1.54, 1.807) is 17.4 Å². The maximum Gasteiger partial charge on any atom is 0.160 e. The van der Waals surface area contributed by atoms with Crippen LogP contribution in [0.15, 0.2) is 37.4 Å². The number of allylic oxidation sites excluding steroid dienone is 1. The fourth-order valence-corrected chi connectivity index (χ4v) is 3.81. The van der Waals surface area contributed by atoms with Gasteiger partial charge in [-0.2, -0.15) is 0 Å². The second kappa shape index (κ2) is 10.3. The number of hydrogen-bond acceptors (Lipinski definition) is 3. The minimum Gasteiger partial charge on any atom is -0.297 e. The molecule has 2 heterocycles. The second-order valence-corrected chi connectivity index (χ2v) is 8.61. The van der Waals surface area contributed by atoms with E-state index in [1.165, 1.54) is 25.6 Å². The van der Waals surface area contributed by atoms with Crippen molar-refractivity contribution in [3.05, 3.63) is 47.2 Å². The third kappa shape index (κ3) is 8.39. The zero-order valence-corrected chi connectivity index (χ0v) is 17.5. The van der Waals surface area contributed by atoms with Gasteiger partial charge in [-0.3, -0.25) is 4.79 Å². The fraction of sp³-hybridized carbons (Fsp3) is 0.154. The van der Waals surface area contributed by atoms with Gasteiger partial charge in [0.15, 0.2) is 6.29 Å². The second-order valence-electron chi connectivity index (χ2n) is 3.62. The van der Waals surface area contributed by atoms with Crippen molar-refractivity contribution in [3.8, 4) is 0 Å². The van der Waals surface area contributed by atoms with Gasteiger partial charge < -0.3 is 0 Å². The molecule has 0 aliphatic carbocycles. The monoisotopic (exact) mass is 534 g/mol. The molecule has 0 spiro atoms. The van der Waals surface area contributed by atoms with Gasteiger partial charge in [0, 0.05) is 4.88 Å². The van der Waals surface area contributed by atoms with Gasteiger partial charge in [0.1, 0.15) is 0 Å². The van der Waals surface area contributed by atoms with Crippen molar-refractivity contribution < 1.29 is 4.79 Å². The predicted octanol–water partition coefficient (Wildman–Crippen LogP) is 6.87. The standard InChI is InChI=1S/C8H9BrS.C5H3BrOS.HI/c1-6(2)5-7-3-4-8(9)10-7;6-5-2-1-4(3-7)8-5;/h3-5H,1-2H3;1-3H;1H. The molecule has 2 aromatic rings. The molecule has 0 saturated heterocycles. The Morgan fingerprint density at radius 2 is 1.47 bits per heavy atom. The molecule has 0 aliphatic rings. The number of hydrogen-bond donors (Lipinski definition) is 0. The highest BCUT2D eigenvalue weighted by Crippen LogP contribution is 2.23. The highest BCUT2D eigenvalue weighted by molar-refractivity contribution is 14.0. The maximum atomic E-state index is 10.0. The molecule has 0 fully saturated rings. The summed E-state index contributed by atoms with van der Waals surface area (Å²) < 4.78 is 2.19. The molecule has 0 N–H and O–H groups in total. The molecule has 0 saturated carbocycles. The highest BCUT2D eigenvalue weighted by Gasteiger charge is 1.92. The lowest BCUT2D eigenvalue weighted by molar-refractivity contribution is 0.112. The van der Waals surface area contributed by atoms with E-state index in [0.717, 1.165) is 14.9 Å². The molecule has 1 nitrogen and oxygen atoms in total. The molecule has 0 amide bonds. The lowest BCUT2D eigenvalue weighted by Crippen LogP contribution is -1.61. The molecular weight excluding hydrogens is 523 g/mol. The zero-order chi connectivity index (χ0) is 13.5. The minimum absolute atomic E-state index is 0. The number of carbonyl (C=O) groups is 1. The molecule has 19 heavy (non-hydrogen) atoms. The summed E-state index contributed by atoms with van der Waals surface area (Å²) in [4.78, 5) is 12.1. The van der Waals surface area contributed by atoms with Gasteiger partial charge >= 0.3 is 0 Å². The molecule has 0 aromatic carbocycles.